The zero-order valence-electron chi connectivity index (χ0n) is 10.1. The Morgan fingerprint density at radius 2 is 1.81 bits per heavy atom. The predicted molar refractivity (Wildman–Crippen MR) is 75.4 cm³/mol. The minimum Gasteiger partial charge on any atom is -0.497 e. The van der Waals surface area contributed by atoms with Crippen molar-refractivity contribution in [2.75, 3.05) is 18.1 Å². The van der Waals surface area contributed by atoms with Crippen molar-refractivity contribution in [2.45, 2.75) is 20.0 Å². The molecule has 1 rings (SSSR count). The van der Waals surface area contributed by atoms with Crippen molar-refractivity contribution < 1.29 is 9.47 Å². The van der Waals surface area contributed by atoms with Crippen molar-refractivity contribution in [3.63, 3.8) is 0 Å². The summed E-state index contributed by atoms with van der Waals surface area (Å²) >= 11 is 2.36. The van der Waals surface area contributed by atoms with E-state index in [0.717, 1.165) is 16.8 Å². The van der Waals surface area contributed by atoms with Gasteiger partial charge in [-0.2, -0.15) is 0 Å². The lowest BCUT2D eigenvalue weighted by Crippen LogP contribution is -2.10. The fraction of sp³-hybridized carbons (Fsp3) is 0.538. The number of alkyl halides is 1. The van der Waals surface area contributed by atoms with E-state index in [1.54, 1.807) is 7.11 Å². The molecule has 0 aliphatic carbocycles. The highest BCUT2D eigenvalue weighted by atomic mass is 127. The van der Waals surface area contributed by atoms with E-state index >= 15 is 0 Å². The third kappa shape index (κ3) is 4.29. The van der Waals surface area contributed by atoms with E-state index in [1.165, 1.54) is 5.56 Å². The van der Waals surface area contributed by atoms with Gasteiger partial charge in [0.2, 0.25) is 0 Å². The molecule has 3 heteroatoms. The number of benzene rings is 1. The van der Waals surface area contributed by atoms with E-state index in [4.69, 9.17) is 9.47 Å². The van der Waals surface area contributed by atoms with Gasteiger partial charge >= 0.3 is 0 Å². The van der Waals surface area contributed by atoms with Crippen LogP contribution in [0.25, 0.3) is 0 Å². The zero-order chi connectivity index (χ0) is 12.0. The Morgan fingerprint density at radius 1 is 1.19 bits per heavy atom. The largest absolute Gasteiger partial charge is 0.497 e. The Labute approximate surface area is 111 Å². The Morgan fingerprint density at radius 3 is 2.25 bits per heavy atom. The van der Waals surface area contributed by atoms with Crippen LogP contribution in [0, 0.1) is 5.92 Å². The van der Waals surface area contributed by atoms with Crippen LogP contribution in [0.4, 0.5) is 0 Å². The molecule has 0 amide bonds. The van der Waals surface area contributed by atoms with Crippen molar-refractivity contribution >= 4 is 22.6 Å². The van der Waals surface area contributed by atoms with Gasteiger partial charge in [-0.15, -0.1) is 0 Å². The summed E-state index contributed by atoms with van der Waals surface area (Å²) in [6, 6.07) is 8.10. The van der Waals surface area contributed by atoms with Gasteiger partial charge < -0.3 is 9.47 Å². The first-order valence-electron chi connectivity index (χ1n) is 5.49. The Kier molecular flexibility index (Phi) is 6.13. The molecule has 0 saturated heterocycles. The van der Waals surface area contributed by atoms with Gasteiger partial charge in [0.1, 0.15) is 5.75 Å². The molecule has 1 aromatic rings. The monoisotopic (exact) mass is 334 g/mol. The van der Waals surface area contributed by atoms with E-state index in [0.29, 0.717) is 5.92 Å². The van der Waals surface area contributed by atoms with E-state index in [9.17, 15) is 0 Å². The fourth-order valence-electron chi connectivity index (χ4n) is 1.36. The maximum Gasteiger partial charge on any atom is 0.118 e. The summed E-state index contributed by atoms with van der Waals surface area (Å²) in [4.78, 5) is 0. The van der Waals surface area contributed by atoms with Gasteiger partial charge in [-0.1, -0.05) is 48.6 Å². The highest BCUT2D eigenvalue weighted by molar-refractivity contribution is 14.1. The van der Waals surface area contributed by atoms with E-state index < -0.39 is 0 Å². The highest BCUT2D eigenvalue weighted by Crippen LogP contribution is 2.23. The Bertz CT molecular complexity index is 295. The molecule has 1 atom stereocenters. The molecule has 0 spiro atoms. The summed E-state index contributed by atoms with van der Waals surface area (Å²) < 4.78 is 12.0. The topological polar surface area (TPSA) is 18.5 Å². The van der Waals surface area contributed by atoms with Crippen LogP contribution in [-0.4, -0.2) is 18.1 Å². The first-order valence-corrected chi connectivity index (χ1v) is 7.01. The number of ether oxygens (including phenoxy) is 2. The first kappa shape index (κ1) is 13.8. The van der Waals surface area contributed by atoms with E-state index in [-0.39, 0.29) is 6.10 Å². The summed E-state index contributed by atoms with van der Waals surface area (Å²) in [6.45, 7) is 5.14. The SMILES string of the molecule is COc1ccc(C(CI)OCC(C)C)cc1. The minimum absolute atomic E-state index is 0.189. The number of rotatable bonds is 6. The van der Waals surface area contributed by atoms with E-state index in [1.807, 2.05) is 12.1 Å². The average molecular weight is 334 g/mol. The van der Waals surface area contributed by atoms with Crippen LogP contribution in [0.5, 0.6) is 5.75 Å². The summed E-state index contributed by atoms with van der Waals surface area (Å²) in [7, 11) is 1.68. The quantitative estimate of drug-likeness (QED) is 0.581. The van der Waals surface area contributed by atoms with Gasteiger partial charge in [0, 0.05) is 11.0 Å². The molecule has 2 nitrogen and oxygen atoms in total. The standard InChI is InChI=1S/C13H19IO2/c1-10(2)9-16-13(8-14)11-4-6-12(15-3)7-5-11/h4-7,10,13H,8-9H2,1-3H3. The van der Waals surface area contributed by atoms with Crippen LogP contribution in [0.2, 0.25) is 0 Å². The van der Waals surface area contributed by atoms with Gasteiger partial charge in [0.15, 0.2) is 0 Å². The molecule has 1 aromatic carbocycles. The molecule has 1 unspecified atom stereocenters. The second-order valence-electron chi connectivity index (χ2n) is 4.14. The smallest absolute Gasteiger partial charge is 0.118 e. The van der Waals surface area contributed by atoms with Crippen molar-refractivity contribution in [3.8, 4) is 5.75 Å². The lowest BCUT2D eigenvalue weighted by molar-refractivity contribution is 0.0517. The summed E-state index contributed by atoms with van der Waals surface area (Å²) in [5, 5.41) is 0. The van der Waals surface area contributed by atoms with Gasteiger partial charge in [0.05, 0.1) is 13.2 Å². The van der Waals surface area contributed by atoms with Gasteiger partial charge in [-0.05, 0) is 23.6 Å². The molecule has 0 radical (unpaired) electrons. The van der Waals surface area contributed by atoms with Gasteiger partial charge in [-0.25, -0.2) is 0 Å². The maximum atomic E-state index is 5.86. The number of methoxy groups -OCH3 is 1. The third-order valence-corrected chi connectivity index (χ3v) is 3.06. The summed E-state index contributed by atoms with van der Waals surface area (Å²) in [5.41, 5.74) is 1.22. The first-order chi connectivity index (χ1) is 7.67. The van der Waals surface area contributed by atoms with Crippen LogP contribution in [0.1, 0.15) is 25.5 Å². The molecule has 0 bridgehead atoms. The predicted octanol–water partition coefficient (Wildman–Crippen LogP) is 3.84. The second-order valence-corrected chi connectivity index (χ2v) is 5.02. The van der Waals surface area contributed by atoms with Crippen LogP contribution < -0.4 is 4.74 Å². The lowest BCUT2D eigenvalue weighted by atomic mass is 10.1. The van der Waals surface area contributed by atoms with Gasteiger partial charge in [0.25, 0.3) is 0 Å². The molecule has 16 heavy (non-hydrogen) atoms. The molecule has 90 valence electrons. The van der Waals surface area contributed by atoms with Crippen LogP contribution >= 0.6 is 22.6 Å². The molecular formula is C13H19IO2. The van der Waals surface area contributed by atoms with Crippen LogP contribution in [-0.2, 0) is 4.74 Å². The average Bonchev–Trinajstić information content (AvgIpc) is 2.30. The molecule has 0 aliphatic heterocycles. The Hall–Kier alpha value is -0.290. The number of halogens is 1. The summed E-state index contributed by atoms with van der Waals surface area (Å²) in [6.07, 6.45) is 0.189. The van der Waals surface area contributed by atoms with Crippen LogP contribution in [0.3, 0.4) is 0 Å². The molecule has 0 aliphatic rings. The number of hydrogen-bond acceptors (Lipinski definition) is 2. The lowest BCUT2D eigenvalue weighted by Gasteiger charge is -2.17. The molecule has 0 N–H and O–H groups in total. The van der Waals surface area contributed by atoms with Crippen molar-refractivity contribution in [1.82, 2.24) is 0 Å². The van der Waals surface area contributed by atoms with Crippen molar-refractivity contribution in [3.05, 3.63) is 29.8 Å². The second kappa shape index (κ2) is 7.12. The van der Waals surface area contributed by atoms with Gasteiger partial charge in [-0.3, -0.25) is 0 Å². The molecule has 0 fully saturated rings. The van der Waals surface area contributed by atoms with Crippen molar-refractivity contribution in [2.24, 2.45) is 5.92 Å². The zero-order valence-corrected chi connectivity index (χ0v) is 12.2. The fourth-order valence-corrected chi connectivity index (χ4v) is 2.12. The molecular weight excluding hydrogens is 315 g/mol. The highest BCUT2D eigenvalue weighted by Gasteiger charge is 2.11. The van der Waals surface area contributed by atoms with Crippen molar-refractivity contribution in [1.29, 1.82) is 0 Å². The van der Waals surface area contributed by atoms with Crippen LogP contribution in [0.15, 0.2) is 24.3 Å². The summed E-state index contributed by atoms with van der Waals surface area (Å²) in [5.74, 6) is 1.46. The molecule has 0 saturated carbocycles. The molecule has 0 heterocycles. The van der Waals surface area contributed by atoms with E-state index in [2.05, 4.69) is 48.6 Å². The number of hydrogen-bond donors (Lipinski definition) is 0. The Balaban J connectivity index is 2.63. The minimum atomic E-state index is 0.189. The normalized spacial score (nSPS) is 12.8. The maximum absolute atomic E-state index is 5.86. The third-order valence-electron chi connectivity index (χ3n) is 2.26. The molecule has 0 aromatic heterocycles.